The monoisotopic (exact) mass is 316 g/mol. The average molecular weight is 316 g/mol. The largest absolute Gasteiger partial charge is 0.361 e. The van der Waals surface area contributed by atoms with E-state index in [2.05, 4.69) is 25.8 Å². The van der Waals surface area contributed by atoms with Crippen molar-refractivity contribution in [2.75, 3.05) is 6.54 Å². The van der Waals surface area contributed by atoms with Crippen LogP contribution in [0.1, 0.15) is 57.9 Å². The number of hydrogen-bond donors (Lipinski definition) is 2. The lowest BCUT2D eigenvalue weighted by Crippen LogP contribution is -2.30. The Morgan fingerprint density at radius 3 is 2.52 bits per heavy atom. The number of H-pyrrole nitrogens is 1. The molecular weight excluding hydrogens is 287 g/mol. The van der Waals surface area contributed by atoms with Crippen molar-refractivity contribution in [2.45, 2.75) is 52.4 Å². The van der Waals surface area contributed by atoms with Crippen LogP contribution < -0.4 is 5.73 Å². The molecule has 3 rings (SSSR count). The number of halogens is 1. The van der Waals surface area contributed by atoms with E-state index in [9.17, 15) is 4.39 Å². The zero-order chi connectivity index (χ0) is 16.6. The Balaban J connectivity index is 1.81. The van der Waals surface area contributed by atoms with Gasteiger partial charge in [0.1, 0.15) is 5.82 Å². The van der Waals surface area contributed by atoms with Crippen molar-refractivity contribution in [3.63, 3.8) is 0 Å². The highest BCUT2D eigenvalue weighted by molar-refractivity contribution is 5.83. The minimum Gasteiger partial charge on any atom is -0.361 e. The van der Waals surface area contributed by atoms with E-state index in [0.29, 0.717) is 23.8 Å². The second-order valence-electron chi connectivity index (χ2n) is 8.25. The van der Waals surface area contributed by atoms with Gasteiger partial charge in [0.15, 0.2) is 0 Å². The highest BCUT2D eigenvalue weighted by Crippen LogP contribution is 2.44. The molecule has 0 saturated heterocycles. The number of benzene rings is 1. The fraction of sp³-hybridized carbons (Fsp3) is 0.600. The molecule has 1 heterocycles. The number of aromatic amines is 1. The van der Waals surface area contributed by atoms with Crippen LogP contribution in [0.2, 0.25) is 0 Å². The summed E-state index contributed by atoms with van der Waals surface area (Å²) in [4.78, 5) is 3.28. The van der Waals surface area contributed by atoms with E-state index in [1.165, 1.54) is 37.3 Å². The topological polar surface area (TPSA) is 41.8 Å². The summed E-state index contributed by atoms with van der Waals surface area (Å²) in [5.41, 5.74) is 8.73. The first kappa shape index (κ1) is 16.5. The number of hydrogen-bond acceptors (Lipinski definition) is 1. The molecule has 1 fully saturated rings. The predicted octanol–water partition coefficient (Wildman–Crippen LogP) is 5.20. The third kappa shape index (κ3) is 3.30. The maximum absolute atomic E-state index is 13.6. The average Bonchev–Trinajstić information content (AvgIpc) is 2.91. The zero-order valence-corrected chi connectivity index (χ0v) is 14.5. The maximum Gasteiger partial charge on any atom is 0.123 e. The third-order valence-electron chi connectivity index (χ3n) is 5.89. The molecule has 0 bridgehead atoms. The molecule has 0 amide bonds. The summed E-state index contributed by atoms with van der Waals surface area (Å²) in [6.07, 6.45) is 7.05. The first-order chi connectivity index (χ1) is 10.9. The normalized spacial score (nSPS) is 24.0. The van der Waals surface area contributed by atoms with Gasteiger partial charge in [0.25, 0.3) is 0 Å². The van der Waals surface area contributed by atoms with Gasteiger partial charge < -0.3 is 10.7 Å². The molecule has 1 aliphatic carbocycles. The number of rotatable bonds is 3. The first-order valence-electron chi connectivity index (χ1n) is 8.86. The van der Waals surface area contributed by atoms with Crippen LogP contribution in [-0.4, -0.2) is 11.5 Å². The minimum absolute atomic E-state index is 0.175. The Kier molecular flexibility index (Phi) is 4.50. The predicted molar refractivity (Wildman–Crippen MR) is 95.0 cm³/mol. The van der Waals surface area contributed by atoms with Gasteiger partial charge in [-0.25, -0.2) is 4.39 Å². The first-order valence-corrected chi connectivity index (χ1v) is 8.86. The summed E-state index contributed by atoms with van der Waals surface area (Å²) in [6, 6.07) is 4.97. The SMILES string of the molecule is CC(C)(C)C1CCC(C(CN)c2c[nH]c3ccc(F)cc23)CC1. The van der Waals surface area contributed by atoms with Crippen molar-refractivity contribution < 1.29 is 4.39 Å². The summed E-state index contributed by atoms with van der Waals surface area (Å²) in [7, 11) is 0. The summed E-state index contributed by atoms with van der Waals surface area (Å²) in [5, 5.41) is 0.999. The zero-order valence-electron chi connectivity index (χ0n) is 14.5. The Labute approximate surface area is 138 Å². The number of aromatic nitrogens is 1. The fourth-order valence-corrected chi connectivity index (χ4v) is 4.38. The molecule has 1 aromatic heterocycles. The van der Waals surface area contributed by atoms with Crippen molar-refractivity contribution in [3.8, 4) is 0 Å². The molecule has 1 saturated carbocycles. The molecule has 2 nitrogen and oxygen atoms in total. The van der Waals surface area contributed by atoms with E-state index < -0.39 is 0 Å². The van der Waals surface area contributed by atoms with Crippen LogP contribution in [0.15, 0.2) is 24.4 Å². The molecule has 1 aromatic carbocycles. The highest BCUT2D eigenvalue weighted by atomic mass is 19.1. The van der Waals surface area contributed by atoms with Crippen LogP contribution in [-0.2, 0) is 0 Å². The number of nitrogens with two attached hydrogens (primary N) is 1. The smallest absolute Gasteiger partial charge is 0.123 e. The van der Waals surface area contributed by atoms with Crippen LogP contribution >= 0.6 is 0 Å². The van der Waals surface area contributed by atoms with E-state index in [1.807, 2.05) is 12.3 Å². The van der Waals surface area contributed by atoms with Gasteiger partial charge >= 0.3 is 0 Å². The van der Waals surface area contributed by atoms with Gasteiger partial charge in [0.2, 0.25) is 0 Å². The van der Waals surface area contributed by atoms with Crippen molar-refractivity contribution in [1.82, 2.24) is 4.98 Å². The molecule has 126 valence electrons. The van der Waals surface area contributed by atoms with Crippen molar-refractivity contribution in [1.29, 1.82) is 0 Å². The van der Waals surface area contributed by atoms with E-state index >= 15 is 0 Å². The minimum atomic E-state index is -0.175. The van der Waals surface area contributed by atoms with E-state index in [1.54, 1.807) is 6.07 Å². The van der Waals surface area contributed by atoms with Gasteiger partial charge in [-0.1, -0.05) is 20.8 Å². The maximum atomic E-state index is 13.6. The van der Waals surface area contributed by atoms with Crippen LogP contribution in [0, 0.1) is 23.1 Å². The highest BCUT2D eigenvalue weighted by Gasteiger charge is 2.33. The fourth-order valence-electron chi connectivity index (χ4n) is 4.38. The van der Waals surface area contributed by atoms with Gasteiger partial charge in [-0.05, 0) is 73.2 Å². The van der Waals surface area contributed by atoms with Crippen molar-refractivity contribution >= 4 is 10.9 Å². The molecule has 1 aliphatic rings. The molecular formula is C20H29FN2. The number of fused-ring (bicyclic) bond motifs is 1. The standard InChI is InChI=1S/C20H29FN2/c1-20(2,3)14-6-4-13(5-7-14)17(11-22)18-12-23-19-9-8-15(21)10-16(18)19/h8-10,12-14,17,23H,4-7,11,22H2,1-3H3. The number of nitrogens with one attached hydrogen (secondary N) is 1. The van der Waals surface area contributed by atoms with Crippen LogP contribution in [0.3, 0.4) is 0 Å². The molecule has 23 heavy (non-hydrogen) atoms. The Morgan fingerprint density at radius 2 is 1.91 bits per heavy atom. The van der Waals surface area contributed by atoms with Crippen LogP contribution in [0.5, 0.6) is 0 Å². The van der Waals surface area contributed by atoms with Crippen LogP contribution in [0.25, 0.3) is 10.9 Å². The summed E-state index contributed by atoms with van der Waals surface area (Å²) >= 11 is 0. The molecule has 0 aliphatic heterocycles. The van der Waals surface area contributed by atoms with Gasteiger partial charge in [0.05, 0.1) is 0 Å². The van der Waals surface area contributed by atoms with E-state index in [-0.39, 0.29) is 5.82 Å². The van der Waals surface area contributed by atoms with E-state index in [0.717, 1.165) is 16.8 Å². The Bertz CT molecular complexity index is 660. The summed E-state index contributed by atoms with van der Waals surface area (Å²) < 4.78 is 13.6. The van der Waals surface area contributed by atoms with Crippen LogP contribution in [0.4, 0.5) is 4.39 Å². The van der Waals surface area contributed by atoms with Gasteiger partial charge in [-0.3, -0.25) is 0 Å². The summed E-state index contributed by atoms with van der Waals surface area (Å²) in [6.45, 7) is 7.68. The molecule has 3 N–H and O–H groups in total. The Morgan fingerprint density at radius 1 is 1.22 bits per heavy atom. The Hall–Kier alpha value is -1.35. The second kappa shape index (κ2) is 6.27. The molecule has 0 radical (unpaired) electrons. The lowest BCUT2D eigenvalue weighted by atomic mass is 9.66. The molecule has 3 heteroatoms. The molecule has 1 atom stereocenters. The van der Waals surface area contributed by atoms with Crippen molar-refractivity contribution in [3.05, 3.63) is 35.8 Å². The van der Waals surface area contributed by atoms with Crippen molar-refractivity contribution in [2.24, 2.45) is 23.0 Å². The molecule has 0 spiro atoms. The second-order valence-corrected chi connectivity index (χ2v) is 8.25. The molecule has 1 unspecified atom stereocenters. The lowest BCUT2D eigenvalue weighted by Gasteiger charge is -2.39. The quantitative estimate of drug-likeness (QED) is 0.802. The van der Waals surface area contributed by atoms with Gasteiger partial charge in [0, 0.05) is 23.0 Å². The summed E-state index contributed by atoms with van der Waals surface area (Å²) in [5.74, 6) is 1.57. The van der Waals surface area contributed by atoms with Gasteiger partial charge in [-0.2, -0.15) is 0 Å². The third-order valence-corrected chi connectivity index (χ3v) is 5.89. The van der Waals surface area contributed by atoms with Gasteiger partial charge in [-0.15, -0.1) is 0 Å². The lowest BCUT2D eigenvalue weighted by molar-refractivity contribution is 0.140. The van der Waals surface area contributed by atoms with E-state index in [4.69, 9.17) is 5.73 Å². The molecule has 2 aromatic rings.